The molecule has 3 heterocycles. The lowest BCUT2D eigenvalue weighted by Gasteiger charge is -2.11. The van der Waals surface area contributed by atoms with E-state index in [9.17, 15) is 14.0 Å². The predicted octanol–water partition coefficient (Wildman–Crippen LogP) is 2.77. The van der Waals surface area contributed by atoms with E-state index in [1.54, 1.807) is 29.8 Å². The molecule has 0 atom stereocenters. The van der Waals surface area contributed by atoms with E-state index in [1.165, 1.54) is 6.07 Å². The fourth-order valence-electron chi connectivity index (χ4n) is 3.61. The Morgan fingerprint density at radius 3 is 2.90 bits per heavy atom. The van der Waals surface area contributed by atoms with Crippen molar-refractivity contribution in [3.05, 3.63) is 64.2 Å². The average molecular weight is 405 g/mol. The van der Waals surface area contributed by atoms with Gasteiger partial charge in [-0.05, 0) is 43.0 Å². The maximum atomic E-state index is 14.0. The molecule has 2 N–H and O–H groups in total. The Bertz CT molecular complexity index is 1230. The predicted molar refractivity (Wildman–Crippen MR) is 109 cm³/mol. The molecule has 2 aromatic heterocycles. The van der Waals surface area contributed by atoms with Gasteiger partial charge in [-0.3, -0.25) is 14.9 Å². The number of aromatic nitrogens is 3. The maximum absolute atomic E-state index is 14.0. The third-order valence-corrected chi connectivity index (χ3v) is 5.46. The van der Waals surface area contributed by atoms with Crippen LogP contribution in [0.1, 0.15) is 41.6 Å². The highest BCUT2D eigenvalue weighted by molar-refractivity contribution is 6.15. The number of anilines is 1. The Hall–Kier alpha value is -3.55. The normalized spacial score (nSPS) is 17.7. The summed E-state index contributed by atoms with van der Waals surface area (Å²) in [5.41, 5.74) is 3.87. The Morgan fingerprint density at radius 1 is 1.33 bits per heavy atom. The Balaban J connectivity index is 1.59. The number of halogens is 1. The van der Waals surface area contributed by atoms with Crippen LogP contribution in [0.15, 0.2) is 36.0 Å². The number of carbonyl (C=O) groups excluding carboxylic acids is 2. The second kappa shape index (κ2) is 7.05. The summed E-state index contributed by atoms with van der Waals surface area (Å²) < 4.78 is 15.7. The molecule has 1 saturated heterocycles. The molecule has 0 radical (unpaired) electrons. The minimum absolute atomic E-state index is 0.0472. The van der Waals surface area contributed by atoms with Gasteiger partial charge in [-0.25, -0.2) is 9.37 Å². The standard InChI is InChI=1S/C22H20FN5O2/c1-12-13(3-2-4-18(12)23)8-17-10-19(25-16-5-6-16)28-21(26-17)15(11-24-28)7-14-9-20(29)27-22(14)30/h2-4,7,10-11,16,25H,5-6,8-9H2,1H3,(H,27,29,30)/b14-7+. The third kappa shape index (κ3) is 3.45. The Kier molecular flexibility index (Phi) is 4.34. The van der Waals surface area contributed by atoms with E-state index in [0.29, 0.717) is 34.8 Å². The summed E-state index contributed by atoms with van der Waals surface area (Å²) in [6.07, 6.45) is 6.02. The number of nitrogens with one attached hydrogen (secondary N) is 2. The monoisotopic (exact) mass is 405 g/mol. The number of benzene rings is 1. The van der Waals surface area contributed by atoms with Crippen LogP contribution >= 0.6 is 0 Å². The number of carbonyl (C=O) groups is 2. The van der Waals surface area contributed by atoms with Crippen LogP contribution in [0.2, 0.25) is 0 Å². The molecule has 2 amide bonds. The first kappa shape index (κ1) is 18.5. The van der Waals surface area contributed by atoms with Crippen LogP contribution in [-0.2, 0) is 16.0 Å². The minimum Gasteiger partial charge on any atom is -0.367 e. The molecular formula is C22H20FN5O2. The highest BCUT2D eigenvalue weighted by Crippen LogP contribution is 2.28. The minimum atomic E-state index is -0.387. The van der Waals surface area contributed by atoms with Crippen LogP contribution in [0.3, 0.4) is 0 Å². The molecule has 0 bridgehead atoms. The lowest BCUT2D eigenvalue weighted by Crippen LogP contribution is -2.19. The van der Waals surface area contributed by atoms with Gasteiger partial charge in [0.25, 0.3) is 5.91 Å². The van der Waals surface area contributed by atoms with E-state index in [-0.39, 0.29) is 24.1 Å². The zero-order valence-electron chi connectivity index (χ0n) is 16.4. The van der Waals surface area contributed by atoms with Gasteiger partial charge in [0.05, 0.1) is 18.3 Å². The van der Waals surface area contributed by atoms with Gasteiger partial charge in [0, 0.05) is 29.7 Å². The first-order valence-electron chi connectivity index (χ1n) is 9.91. The van der Waals surface area contributed by atoms with Crippen molar-refractivity contribution in [3.8, 4) is 0 Å². The van der Waals surface area contributed by atoms with Crippen molar-refractivity contribution in [3.63, 3.8) is 0 Å². The summed E-state index contributed by atoms with van der Waals surface area (Å²) in [5.74, 6) is -0.129. The van der Waals surface area contributed by atoms with Gasteiger partial charge in [0.15, 0.2) is 5.65 Å². The molecule has 1 aliphatic heterocycles. The molecule has 30 heavy (non-hydrogen) atoms. The first-order valence-corrected chi connectivity index (χ1v) is 9.91. The quantitative estimate of drug-likeness (QED) is 0.503. The number of nitrogens with zero attached hydrogens (tertiary/aromatic N) is 3. The van der Waals surface area contributed by atoms with Crippen molar-refractivity contribution < 1.29 is 14.0 Å². The lowest BCUT2D eigenvalue weighted by atomic mass is 10.0. The smallest absolute Gasteiger partial charge is 0.254 e. The molecule has 0 unspecified atom stereocenters. The van der Waals surface area contributed by atoms with Crippen molar-refractivity contribution in [2.24, 2.45) is 0 Å². The van der Waals surface area contributed by atoms with Crippen LogP contribution in [0.5, 0.6) is 0 Å². The fraction of sp³-hybridized carbons (Fsp3) is 0.273. The summed E-state index contributed by atoms with van der Waals surface area (Å²) in [4.78, 5) is 28.2. The Labute approximate surface area is 172 Å². The van der Waals surface area contributed by atoms with Crippen LogP contribution in [0.25, 0.3) is 11.7 Å². The van der Waals surface area contributed by atoms with Crippen molar-refractivity contribution in [1.82, 2.24) is 19.9 Å². The molecule has 7 nitrogen and oxygen atoms in total. The van der Waals surface area contributed by atoms with Crippen LogP contribution < -0.4 is 10.6 Å². The second-order valence-electron chi connectivity index (χ2n) is 7.81. The summed E-state index contributed by atoms with van der Waals surface area (Å²) >= 11 is 0. The van der Waals surface area contributed by atoms with Crippen molar-refractivity contribution >= 4 is 29.4 Å². The molecule has 3 aromatic rings. The summed E-state index contributed by atoms with van der Waals surface area (Å²) in [6, 6.07) is 7.38. The van der Waals surface area contributed by atoms with E-state index in [0.717, 1.165) is 29.9 Å². The zero-order chi connectivity index (χ0) is 20.8. The molecule has 1 saturated carbocycles. The average Bonchev–Trinajstić information content (AvgIpc) is 3.34. The van der Waals surface area contributed by atoms with E-state index < -0.39 is 0 Å². The highest BCUT2D eigenvalue weighted by atomic mass is 19.1. The van der Waals surface area contributed by atoms with Crippen molar-refractivity contribution in [2.75, 3.05) is 5.32 Å². The van der Waals surface area contributed by atoms with Crippen LogP contribution in [0, 0.1) is 12.7 Å². The van der Waals surface area contributed by atoms with E-state index in [4.69, 9.17) is 4.98 Å². The van der Waals surface area contributed by atoms with Gasteiger partial charge in [0.1, 0.15) is 11.6 Å². The van der Waals surface area contributed by atoms with Crippen LogP contribution in [0.4, 0.5) is 10.2 Å². The number of hydrogen-bond acceptors (Lipinski definition) is 5. The number of fused-ring (bicyclic) bond motifs is 1. The third-order valence-electron chi connectivity index (χ3n) is 5.46. The largest absolute Gasteiger partial charge is 0.367 e. The number of amides is 2. The van der Waals surface area contributed by atoms with E-state index >= 15 is 0 Å². The fourth-order valence-corrected chi connectivity index (χ4v) is 3.61. The topological polar surface area (TPSA) is 88.4 Å². The molecule has 0 spiro atoms. The number of hydrogen-bond donors (Lipinski definition) is 2. The van der Waals surface area contributed by atoms with Gasteiger partial charge in [-0.2, -0.15) is 9.61 Å². The highest BCUT2D eigenvalue weighted by Gasteiger charge is 2.25. The molecule has 8 heteroatoms. The molecule has 152 valence electrons. The van der Waals surface area contributed by atoms with Crippen molar-refractivity contribution in [1.29, 1.82) is 0 Å². The first-order chi connectivity index (χ1) is 14.5. The Morgan fingerprint density at radius 2 is 2.17 bits per heavy atom. The van der Waals surface area contributed by atoms with Gasteiger partial charge >= 0.3 is 0 Å². The SMILES string of the molecule is Cc1c(F)cccc1Cc1cc(NC2CC2)n2ncc(/C=C3\CC(=O)NC3=O)c2n1. The van der Waals surface area contributed by atoms with Gasteiger partial charge in [-0.1, -0.05) is 12.1 Å². The molecule has 1 aliphatic carbocycles. The lowest BCUT2D eigenvalue weighted by molar-refractivity contribution is -0.124. The van der Waals surface area contributed by atoms with Gasteiger partial charge in [0.2, 0.25) is 5.91 Å². The van der Waals surface area contributed by atoms with Gasteiger partial charge in [-0.15, -0.1) is 0 Å². The van der Waals surface area contributed by atoms with E-state index in [1.807, 2.05) is 12.1 Å². The van der Waals surface area contributed by atoms with Crippen molar-refractivity contribution in [2.45, 2.75) is 38.6 Å². The molecule has 2 aliphatic rings. The zero-order valence-corrected chi connectivity index (χ0v) is 16.4. The molecule has 5 rings (SSSR count). The van der Waals surface area contributed by atoms with Crippen LogP contribution in [-0.4, -0.2) is 32.5 Å². The number of imide groups is 1. The van der Waals surface area contributed by atoms with E-state index in [2.05, 4.69) is 15.7 Å². The second-order valence-corrected chi connectivity index (χ2v) is 7.81. The molecule has 1 aromatic carbocycles. The summed E-state index contributed by atoms with van der Waals surface area (Å²) in [6.45, 7) is 1.76. The molecular weight excluding hydrogens is 385 g/mol. The maximum Gasteiger partial charge on any atom is 0.254 e. The molecule has 2 fully saturated rings. The number of rotatable bonds is 5. The summed E-state index contributed by atoms with van der Waals surface area (Å²) in [5, 5.41) is 10.2. The summed E-state index contributed by atoms with van der Waals surface area (Å²) in [7, 11) is 0. The van der Waals surface area contributed by atoms with Gasteiger partial charge < -0.3 is 5.32 Å².